The average molecular weight is 371 g/mol. The number of fused-ring (bicyclic) bond motifs is 1. The van der Waals surface area contributed by atoms with Crippen molar-refractivity contribution in [1.29, 1.82) is 0 Å². The number of hydrogen-bond acceptors (Lipinski definition) is 6. The van der Waals surface area contributed by atoms with Gasteiger partial charge in [0, 0.05) is 29.4 Å². The van der Waals surface area contributed by atoms with Gasteiger partial charge in [-0.1, -0.05) is 32.0 Å². The van der Waals surface area contributed by atoms with Gasteiger partial charge in [-0.2, -0.15) is 0 Å². The molecule has 1 aliphatic heterocycles. The molecule has 0 N–H and O–H groups in total. The third kappa shape index (κ3) is 2.88. The number of carbonyl (C=O) groups is 1. The fourth-order valence-corrected chi connectivity index (χ4v) is 4.27. The van der Waals surface area contributed by atoms with Crippen molar-refractivity contribution in [2.75, 3.05) is 24.3 Å². The Hall–Kier alpha value is -2.34. The monoisotopic (exact) mass is 371 g/mol. The summed E-state index contributed by atoms with van der Waals surface area (Å²) in [4.78, 5) is 38.0. The number of carbonyl (C=O) groups excluding carboxylic acids is 1. The van der Waals surface area contributed by atoms with Crippen molar-refractivity contribution >= 4 is 29.5 Å². The number of para-hydroxylation sites is 1. The number of nitrogens with zero attached hydrogens (tertiary/aromatic N) is 1. The van der Waals surface area contributed by atoms with E-state index in [0.29, 0.717) is 17.1 Å². The van der Waals surface area contributed by atoms with Crippen molar-refractivity contribution in [3.63, 3.8) is 0 Å². The second-order valence-electron chi connectivity index (χ2n) is 6.73. The maximum Gasteiger partial charge on any atom is 0.316 e. The van der Waals surface area contributed by atoms with Crippen LogP contribution >= 0.6 is 11.8 Å². The van der Waals surface area contributed by atoms with Crippen molar-refractivity contribution in [3.8, 4) is 0 Å². The molecule has 0 unspecified atom stereocenters. The average Bonchev–Trinajstić information content (AvgIpc) is 2.81. The molecule has 0 bridgehead atoms. The Morgan fingerprint density at radius 2 is 1.92 bits per heavy atom. The number of thioether (sulfide) groups is 1. The van der Waals surface area contributed by atoms with Crippen LogP contribution in [0.1, 0.15) is 31.9 Å². The molecule has 0 aromatic heterocycles. The first-order valence-electron chi connectivity index (χ1n) is 8.46. The Kier molecular flexibility index (Phi) is 4.80. The number of likely N-dealkylation sites (N-methyl/N-ethyl adjacent to an activating group) is 1. The van der Waals surface area contributed by atoms with E-state index in [4.69, 9.17) is 4.74 Å². The van der Waals surface area contributed by atoms with Crippen LogP contribution in [0.4, 0.5) is 5.69 Å². The third-order valence-electron chi connectivity index (χ3n) is 4.76. The minimum atomic E-state index is -0.526. The Labute approximate surface area is 156 Å². The molecule has 2 aromatic carbocycles. The molecule has 1 heterocycles. The third-order valence-corrected chi connectivity index (χ3v) is 5.84. The summed E-state index contributed by atoms with van der Waals surface area (Å²) in [5.74, 6) is -0.371. The molecule has 6 heteroatoms. The number of rotatable bonds is 5. The van der Waals surface area contributed by atoms with Gasteiger partial charge in [0.05, 0.1) is 17.3 Å². The van der Waals surface area contributed by atoms with Gasteiger partial charge in [0.2, 0.25) is 10.9 Å². The van der Waals surface area contributed by atoms with Gasteiger partial charge in [0.25, 0.3) is 0 Å². The Bertz CT molecular complexity index is 967. The zero-order valence-corrected chi connectivity index (χ0v) is 16.1. The van der Waals surface area contributed by atoms with Gasteiger partial charge in [-0.05, 0) is 24.6 Å². The van der Waals surface area contributed by atoms with Crippen LogP contribution in [0, 0.1) is 0 Å². The summed E-state index contributed by atoms with van der Waals surface area (Å²) in [6.07, 6.45) is 1.79. The molecule has 0 saturated heterocycles. The van der Waals surface area contributed by atoms with Crippen molar-refractivity contribution in [3.05, 3.63) is 61.5 Å². The molecule has 3 rings (SSSR count). The summed E-state index contributed by atoms with van der Waals surface area (Å²) < 4.78 is 4.88. The first-order chi connectivity index (χ1) is 12.3. The Balaban J connectivity index is 1.95. The molecule has 0 fully saturated rings. The molecular weight excluding hydrogens is 350 g/mol. The molecule has 1 aliphatic rings. The van der Waals surface area contributed by atoms with Gasteiger partial charge in [0.15, 0.2) is 0 Å². The second-order valence-corrected chi connectivity index (χ2v) is 7.71. The quantitative estimate of drug-likeness (QED) is 0.457. The zero-order chi connectivity index (χ0) is 19.1. The van der Waals surface area contributed by atoms with Crippen molar-refractivity contribution < 1.29 is 9.53 Å². The van der Waals surface area contributed by atoms with Crippen molar-refractivity contribution in [1.82, 2.24) is 0 Å². The van der Waals surface area contributed by atoms with Crippen LogP contribution < -0.4 is 15.8 Å². The van der Waals surface area contributed by atoms with E-state index in [1.54, 1.807) is 13.0 Å². The highest BCUT2D eigenvalue weighted by atomic mass is 32.2. The van der Waals surface area contributed by atoms with Gasteiger partial charge in [-0.25, -0.2) is 0 Å². The zero-order valence-electron chi connectivity index (χ0n) is 15.3. The second kappa shape index (κ2) is 6.76. The number of hydrogen-bond donors (Lipinski definition) is 0. The van der Waals surface area contributed by atoms with Crippen LogP contribution in [0.25, 0.3) is 6.08 Å². The summed E-state index contributed by atoms with van der Waals surface area (Å²) in [6, 6.07) is 8.09. The van der Waals surface area contributed by atoms with Crippen LogP contribution in [-0.2, 0) is 14.9 Å². The lowest BCUT2D eigenvalue weighted by atomic mass is 9.83. The molecule has 136 valence electrons. The summed E-state index contributed by atoms with van der Waals surface area (Å²) in [5, 5.41) is 0. The van der Waals surface area contributed by atoms with E-state index in [9.17, 15) is 14.4 Å². The van der Waals surface area contributed by atoms with Gasteiger partial charge >= 0.3 is 5.97 Å². The molecule has 2 aromatic rings. The Morgan fingerprint density at radius 1 is 1.23 bits per heavy atom. The summed E-state index contributed by atoms with van der Waals surface area (Å²) >= 11 is 1.07. The highest BCUT2D eigenvalue weighted by molar-refractivity contribution is 8.00. The lowest BCUT2D eigenvalue weighted by Crippen LogP contribution is -2.37. The highest BCUT2D eigenvalue weighted by Gasteiger charge is 2.38. The summed E-state index contributed by atoms with van der Waals surface area (Å²) in [6.45, 7) is 6.21. The molecule has 0 radical (unpaired) electrons. The number of allylic oxidation sites excluding steroid dienone is 1. The lowest BCUT2D eigenvalue weighted by Gasteiger charge is -2.24. The van der Waals surface area contributed by atoms with E-state index in [-0.39, 0.29) is 11.2 Å². The van der Waals surface area contributed by atoms with Crippen molar-refractivity contribution in [2.45, 2.75) is 31.1 Å². The molecule has 5 nitrogen and oxygen atoms in total. The minimum absolute atomic E-state index is 0.0221. The van der Waals surface area contributed by atoms with E-state index in [1.807, 2.05) is 30.1 Å². The minimum Gasteiger partial charge on any atom is -0.465 e. The largest absolute Gasteiger partial charge is 0.465 e. The number of benzene rings is 1. The van der Waals surface area contributed by atoms with Gasteiger partial charge in [-0.3, -0.25) is 14.4 Å². The van der Waals surface area contributed by atoms with Gasteiger partial charge < -0.3 is 9.64 Å². The summed E-state index contributed by atoms with van der Waals surface area (Å²) in [7, 11) is 1.95. The smallest absolute Gasteiger partial charge is 0.316 e. The molecular formula is C20H21NO4S. The van der Waals surface area contributed by atoms with E-state index in [2.05, 4.69) is 19.9 Å². The summed E-state index contributed by atoms with van der Waals surface area (Å²) in [5.41, 5.74) is 2.28. The van der Waals surface area contributed by atoms with E-state index in [1.165, 1.54) is 5.56 Å². The first-order valence-corrected chi connectivity index (χ1v) is 9.44. The molecule has 0 saturated carbocycles. The van der Waals surface area contributed by atoms with E-state index in [0.717, 1.165) is 23.1 Å². The van der Waals surface area contributed by atoms with Crippen LogP contribution in [-0.4, -0.2) is 25.4 Å². The predicted octanol–water partition coefficient (Wildman–Crippen LogP) is 2.71. The SMILES string of the molecule is CCOC(=O)CSc1c(/C=C2\N(C)c3ccccc3C2(C)C)c(=O)c1=O. The number of anilines is 1. The van der Waals surface area contributed by atoms with E-state index >= 15 is 0 Å². The normalized spacial score (nSPS) is 16.9. The van der Waals surface area contributed by atoms with Crippen molar-refractivity contribution in [2.24, 2.45) is 0 Å². The number of esters is 1. The number of ether oxygens (including phenoxy) is 1. The fraction of sp³-hybridized carbons (Fsp3) is 0.350. The Morgan fingerprint density at radius 3 is 2.58 bits per heavy atom. The first kappa shape index (κ1) is 18.5. The van der Waals surface area contributed by atoms with Crippen LogP contribution in [0.2, 0.25) is 0 Å². The predicted molar refractivity (Wildman–Crippen MR) is 105 cm³/mol. The van der Waals surface area contributed by atoms with Gasteiger partial charge in [-0.15, -0.1) is 11.8 Å². The van der Waals surface area contributed by atoms with Crippen LogP contribution in [0.3, 0.4) is 0 Å². The topological polar surface area (TPSA) is 63.7 Å². The molecule has 26 heavy (non-hydrogen) atoms. The molecule has 0 amide bonds. The maximum absolute atomic E-state index is 12.1. The van der Waals surface area contributed by atoms with Crippen LogP contribution in [0.15, 0.2) is 44.4 Å². The molecule has 0 atom stereocenters. The maximum atomic E-state index is 12.1. The van der Waals surface area contributed by atoms with Crippen LogP contribution in [0.5, 0.6) is 0 Å². The van der Waals surface area contributed by atoms with E-state index < -0.39 is 16.8 Å². The molecule has 0 spiro atoms. The standard InChI is InChI=1S/C20H21NO4S/c1-5-25-16(22)11-26-19-12(17(23)18(19)24)10-15-20(2,3)13-8-6-7-9-14(13)21(15)4/h6-10H,5,11H2,1-4H3/b15-10-. The molecule has 0 aliphatic carbocycles. The fourth-order valence-electron chi connectivity index (χ4n) is 3.39. The van der Waals surface area contributed by atoms with Gasteiger partial charge in [0.1, 0.15) is 0 Å². The highest BCUT2D eigenvalue weighted by Crippen LogP contribution is 2.47. The lowest BCUT2D eigenvalue weighted by molar-refractivity contribution is -0.139.